The van der Waals surface area contributed by atoms with Crippen LogP contribution in [0.25, 0.3) is 0 Å². The molecule has 2 atom stereocenters. The van der Waals surface area contributed by atoms with Crippen LogP contribution in [0.3, 0.4) is 0 Å². The number of nitrogens with zero attached hydrogens (tertiary/aromatic N) is 5. The Kier molecular flexibility index (Phi) is 6.31. The maximum atomic E-state index is 12.8. The Balaban J connectivity index is 1.58. The summed E-state index contributed by atoms with van der Waals surface area (Å²) in [6.45, 7) is 8.15. The average Bonchev–Trinajstić information content (AvgIpc) is 3.16. The molecule has 2 aromatic heterocycles. The van der Waals surface area contributed by atoms with Crippen LogP contribution in [-0.2, 0) is 11.3 Å². The summed E-state index contributed by atoms with van der Waals surface area (Å²) in [6.07, 6.45) is 3.30. The molecule has 0 aliphatic carbocycles. The van der Waals surface area contributed by atoms with E-state index in [0.717, 1.165) is 6.54 Å². The van der Waals surface area contributed by atoms with E-state index in [2.05, 4.69) is 20.3 Å². The summed E-state index contributed by atoms with van der Waals surface area (Å²) in [5.41, 5.74) is 0.459. The van der Waals surface area contributed by atoms with Gasteiger partial charge in [0.05, 0.1) is 11.6 Å². The summed E-state index contributed by atoms with van der Waals surface area (Å²) in [5, 5.41) is 7.61. The van der Waals surface area contributed by atoms with Gasteiger partial charge in [-0.2, -0.15) is 5.10 Å². The number of carbonyl (C=O) groups excluding carboxylic acids is 2. The lowest BCUT2D eigenvalue weighted by atomic mass is 10.0. The Labute approximate surface area is 169 Å². The van der Waals surface area contributed by atoms with Gasteiger partial charge < -0.3 is 10.2 Å². The van der Waals surface area contributed by atoms with Gasteiger partial charge in [-0.3, -0.25) is 19.2 Å². The molecule has 0 spiro atoms. The van der Waals surface area contributed by atoms with E-state index in [1.807, 2.05) is 31.9 Å². The molecule has 3 heterocycles. The van der Waals surface area contributed by atoms with E-state index >= 15 is 0 Å². The van der Waals surface area contributed by atoms with Crippen LogP contribution in [0, 0.1) is 0 Å². The highest BCUT2D eigenvalue weighted by Gasteiger charge is 2.35. The highest BCUT2D eigenvalue weighted by molar-refractivity contribution is 6.30. The highest BCUT2D eigenvalue weighted by atomic mass is 35.5. The van der Waals surface area contributed by atoms with Crippen LogP contribution in [0.4, 0.5) is 5.82 Å². The van der Waals surface area contributed by atoms with Crippen molar-refractivity contribution >= 4 is 29.2 Å². The van der Waals surface area contributed by atoms with Crippen LogP contribution in [0.2, 0.25) is 5.02 Å². The number of piperazine rings is 1. The fourth-order valence-electron chi connectivity index (χ4n) is 3.33. The second-order valence-electron chi connectivity index (χ2n) is 6.92. The number of aryl methyl sites for hydroxylation is 1. The zero-order valence-electron chi connectivity index (χ0n) is 16.3. The second-order valence-corrected chi connectivity index (χ2v) is 7.35. The van der Waals surface area contributed by atoms with Crippen LogP contribution in [0.5, 0.6) is 0 Å². The lowest BCUT2D eigenvalue weighted by Crippen LogP contribution is -2.60. The van der Waals surface area contributed by atoms with Gasteiger partial charge in [0.15, 0.2) is 0 Å². The third kappa shape index (κ3) is 4.51. The van der Waals surface area contributed by atoms with E-state index < -0.39 is 0 Å². The van der Waals surface area contributed by atoms with Crippen LogP contribution in [-0.4, -0.2) is 68.1 Å². The average molecular weight is 405 g/mol. The number of rotatable bonds is 5. The summed E-state index contributed by atoms with van der Waals surface area (Å²) in [7, 11) is 0. The van der Waals surface area contributed by atoms with Crippen molar-refractivity contribution in [2.45, 2.75) is 39.4 Å². The second kappa shape index (κ2) is 8.70. The van der Waals surface area contributed by atoms with Crippen molar-refractivity contribution < 1.29 is 9.59 Å². The number of carbonyl (C=O) groups is 2. The zero-order chi connectivity index (χ0) is 20.3. The molecule has 1 saturated heterocycles. The van der Waals surface area contributed by atoms with Crippen molar-refractivity contribution in [3.8, 4) is 0 Å². The Morgan fingerprint density at radius 2 is 2.00 bits per heavy atom. The molecule has 2 aromatic rings. The van der Waals surface area contributed by atoms with Gasteiger partial charge in [-0.25, -0.2) is 4.98 Å². The van der Waals surface area contributed by atoms with Crippen molar-refractivity contribution in [2.24, 2.45) is 0 Å². The quantitative estimate of drug-likeness (QED) is 0.825. The number of aromatic nitrogens is 3. The molecule has 28 heavy (non-hydrogen) atoms. The van der Waals surface area contributed by atoms with Gasteiger partial charge in [0, 0.05) is 44.1 Å². The fraction of sp³-hybridized carbons (Fsp3) is 0.474. The van der Waals surface area contributed by atoms with Crippen LogP contribution < -0.4 is 5.32 Å². The Bertz CT molecular complexity index is 837. The number of pyridine rings is 1. The minimum absolute atomic E-state index is 0.0329. The molecular formula is C19H25ClN6O2. The largest absolute Gasteiger partial charge is 0.332 e. The molecule has 0 bridgehead atoms. The molecule has 0 saturated carbocycles. The van der Waals surface area contributed by atoms with Crippen LogP contribution in [0.1, 0.15) is 31.3 Å². The number of halogens is 1. The summed E-state index contributed by atoms with van der Waals surface area (Å²) in [5.74, 6) is 0.256. The predicted octanol–water partition coefficient (Wildman–Crippen LogP) is 2.12. The minimum atomic E-state index is -0.143. The summed E-state index contributed by atoms with van der Waals surface area (Å²) < 4.78 is 1.74. The first-order valence-corrected chi connectivity index (χ1v) is 9.76. The topological polar surface area (TPSA) is 83.4 Å². The molecule has 1 aliphatic heterocycles. The van der Waals surface area contributed by atoms with Crippen molar-refractivity contribution in [1.29, 1.82) is 0 Å². The maximum absolute atomic E-state index is 12.8. The van der Waals surface area contributed by atoms with E-state index in [0.29, 0.717) is 29.6 Å². The number of hydrogen-bond acceptors (Lipinski definition) is 5. The molecule has 8 nitrogen and oxygen atoms in total. The van der Waals surface area contributed by atoms with Gasteiger partial charge in [-0.05, 0) is 39.0 Å². The molecule has 1 aliphatic rings. The summed E-state index contributed by atoms with van der Waals surface area (Å²) in [6, 6.07) is 5.10. The fourth-order valence-corrected chi connectivity index (χ4v) is 3.45. The Morgan fingerprint density at radius 1 is 1.21 bits per heavy atom. The molecule has 150 valence electrons. The van der Waals surface area contributed by atoms with Crippen LogP contribution in [0.15, 0.2) is 30.6 Å². The van der Waals surface area contributed by atoms with E-state index in [-0.39, 0.29) is 30.4 Å². The first kappa shape index (κ1) is 20.3. The van der Waals surface area contributed by atoms with Crippen molar-refractivity contribution in [2.75, 3.05) is 25.0 Å². The standard InChI is InChI=1S/C19H25ClN6O2/c1-4-25-8-7-16(23-25)19(28)26-10-9-24(13(2)14(26)3)12-18(27)22-17-6-5-15(20)11-21-17/h5-8,11,13-14H,4,9-10,12H2,1-3H3,(H,21,22,27)/t13-,14+/m0/s1. The molecule has 0 radical (unpaired) electrons. The highest BCUT2D eigenvalue weighted by Crippen LogP contribution is 2.19. The predicted molar refractivity (Wildman–Crippen MR) is 107 cm³/mol. The van der Waals surface area contributed by atoms with E-state index in [4.69, 9.17) is 11.6 Å². The SMILES string of the molecule is CCn1ccc(C(=O)N2CCN(CC(=O)Nc3ccc(Cl)cn3)[C@@H](C)[C@H]2C)n1. The molecule has 1 N–H and O–H groups in total. The minimum Gasteiger partial charge on any atom is -0.332 e. The lowest BCUT2D eigenvalue weighted by Gasteiger charge is -2.44. The number of amides is 2. The van der Waals surface area contributed by atoms with E-state index in [1.165, 1.54) is 6.20 Å². The number of hydrogen-bond donors (Lipinski definition) is 1. The summed E-state index contributed by atoms with van der Waals surface area (Å²) in [4.78, 5) is 33.2. The van der Waals surface area contributed by atoms with Crippen LogP contribution >= 0.6 is 11.6 Å². The van der Waals surface area contributed by atoms with Gasteiger partial charge >= 0.3 is 0 Å². The monoisotopic (exact) mass is 404 g/mol. The van der Waals surface area contributed by atoms with Gasteiger partial charge in [0.1, 0.15) is 11.5 Å². The lowest BCUT2D eigenvalue weighted by molar-refractivity contribution is -0.118. The Morgan fingerprint density at radius 3 is 2.64 bits per heavy atom. The number of anilines is 1. The smallest absolute Gasteiger partial charge is 0.274 e. The maximum Gasteiger partial charge on any atom is 0.274 e. The van der Waals surface area contributed by atoms with Crippen molar-refractivity contribution in [1.82, 2.24) is 24.6 Å². The van der Waals surface area contributed by atoms with E-state index in [1.54, 1.807) is 22.9 Å². The number of nitrogens with one attached hydrogen (secondary N) is 1. The first-order valence-electron chi connectivity index (χ1n) is 9.39. The van der Waals surface area contributed by atoms with Gasteiger partial charge in [0.2, 0.25) is 5.91 Å². The molecule has 0 aromatic carbocycles. The molecule has 1 fully saturated rings. The normalized spacial score (nSPS) is 20.2. The molecule has 9 heteroatoms. The molecule has 2 amide bonds. The van der Waals surface area contributed by atoms with Gasteiger partial charge in [-0.15, -0.1) is 0 Å². The van der Waals surface area contributed by atoms with Gasteiger partial charge in [0.25, 0.3) is 5.91 Å². The third-order valence-electron chi connectivity index (χ3n) is 5.18. The third-order valence-corrected chi connectivity index (χ3v) is 5.40. The van der Waals surface area contributed by atoms with Crippen molar-refractivity contribution in [3.05, 3.63) is 41.3 Å². The first-order chi connectivity index (χ1) is 13.4. The molecule has 0 unspecified atom stereocenters. The van der Waals surface area contributed by atoms with Crippen molar-refractivity contribution in [3.63, 3.8) is 0 Å². The Hall–Kier alpha value is -2.45. The van der Waals surface area contributed by atoms with E-state index in [9.17, 15) is 9.59 Å². The summed E-state index contributed by atoms with van der Waals surface area (Å²) >= 11 is 5.81. The molecular weight excluding hydrogens is 380 g/mol. The zero-order valence-corrected chi connectivity index (χ0v) is 17.1. The molecule has 3 rings (SSSR count). The van der Waals surface area contributed by atoms with Gasteiger partial charge in [-0.1, -0.05) is 11.6 Å².